The Morgan fingerprint density at radius 1 is 1.04 bits per heavy atom. The molecule has 48 heavy (non-hydrogen) atoms. The number of nitrogens with one attached hydrogen (secondary N) is 3. The van der Waals surface area contributed by atoms with Crippen LogP contribution in [0.5, 0.6) is 0 Å². The van der Waals surface area contributed by atoms with E-state index in [1.54, 1.807) is 0 Å². The first-order valence-electron chi connectivity index (χ1n) is 17.1. The summed E-state index contributed by atoms with van der Waals surface area (Å²) >= 11 is 0. The summed E-state index contributed by atoms with van der Waals surface area (Å²) in [5.41, 5.74) is -0.498. The summed E-state index contributed by atoms with van der Waals surface area (Å²) in [6.45, 7) is 9.05. The lowest BCUT2D eigenvalue weighted by Gasteiger charge is -2.34. The molecule has 2 aromatic carbocycles. The maximum absolute atomic E-state index is 14.3. The van der Waals surface area contributed by atoms with Crippen molar-refractivity contribution < 1.29 is 33.8 Å². The van der Waals surface area contributed by atoms with Gasteiger partial charge in [-0.15, -0.1) is 6.58 Å². The van der Waals surface area contributed by atoms with Crippen molar-refractivity contribution in [2.75, 3.05) is 6.54 Å². The Labute approximate surface area is 281 Å². The summed E-state index contributed by atoms with van der Waals surface area (Å²) in [7, 11) is 0. The quantitative estimate of drug-likeness (QED) is 0.239. The number of carbonyl (C=O) groups excluding carboxylic acids is 4. The molecule has 0 aromatic heterocycles. The first kappa shape index (κ1) is 35.1. The van der Waals surface area contributed by atoms with Crippen molar-refractivity contribution in [1.82, 2.24) is 20.9 Å². The van der Waals surface area contributed by atoms with Crippen LogP contribution in [0.2, 0.25) is 0 Å². The lowest BCUT2D eigenvalue weighted by Crippen LogP contribution is -2.60. The third-order valence-electron chi connectivity index (χ3n) is 10.2. The number of nitrogens with zero attached hydrogens (tertiary/aromatic N) is 1. The fourth-order valence-corrected chi connectivity index (χ4v) is 7.37. The molecule has 1 saturated heterocycles. The third kappa shape index (κ3) is 7.56. The van der Waals surface area contributed by atoms with Crippen molar-refractivity contribution in [2.45, 2.75) is 102 Å². The summed E-state index contributed by atoms with van der Waals surface area (Å²) in [5.74, 6) is -3.74. The zero-order valence-corrected chi connectivity index (χ0v) is 28.1. The van der Waals surface area contributed by atoms with Gasteiger partial charge in [-0.05, 0) is 47.4 Å². The fraction of sp³-hybridized carbons (Fsp3) is 0.541. The summed E-state index contributed by atoms with van der Waals surface area (Å²) in [6, 6.07) is 11.1. The number of hydrogen-bond donors (Lipinski definition) is 4. The number of carboxylic acids is 1. The van der Waals surface area contributed by atoms with Gasteiger partial charge < -0.3 is 30.7 Å². The first-order chi connectivity index (χ1) is 22.9. The highest BCUT2D eigenvalue weighted by Gasteiger charge is 2.61. The SMILES string of the molecule is C=C[C@H]1C[C@]1(NC(=O)[C@@H]1C[C@@H](OCc2cccc3ccccc23)CN1C(=O)[C@@H](NC(=O)[C@@H](NC(C)=O)C1CCCCC1)C(C)C)C(=O)O. The minimum Gasteiger partial charge on any atom is -0.479 e. The smallest absolute Gasteiger partial charge is 0.330 e. The Bertz CT molecular complexity index is 1550. The Morgan fingerprint density at radius 2 is 1.75 bits per heavy atom. The van der Waals surface area contributed by atoms with Crippen LogP contribution in [0, 0.1) is 17.8 Å². The van der Waals surface area contributed by atoms with Crippen molar-refractivity contribution in [1.29, 1.82) is 0 Å². The topological polar surface area (TPSA) is 154 Å². The predicted octanol–water partition coefficient (Wildman–Crippen LogP) is 3.70. The normalized spacial score (nSPS) is 25.2. The highest BCUT2D eigenvalue weighted by atomic mass is 16.5. The van der Waals surface area contributed by atoms with Crippen molar-refractivity contribution in [3.8, 4) is 0 Å². The molecule has 1 heterocycles. The van der Waals surface area contributed by atoms with E-state index in [2.05, 4.69) is 22.5 Å². The van der Waals surface area contributed by atoms with Crippen LogP contribution in [0.1, 0.15) is 71.3 Å². The van der Waals surface area contributed by atoms with Gasteiger partial charge in [0.1, 0.15) is 23.7 Å². The van der Waals surface area contributed by atoms with Gasteiger partial charge in [-0.1, -0.05) is 81.7 Å². The monoisotopic (exact) mass is 660 g/mol. The average molecular weight is 661 g/mol. The maximum atomic E-state index is 14.3. The maximum Gasteiger partial charge on any atom is 0.330 e. The molecule has 11 heteroatoms. The molecule has 2 aliphatic carbocycles. The van der Waals surface area contributed by atoms with Crippen LogP contribution in [0.3, 0.4) is 0 Å². The van der Waals surface area contributed by atoms with Gasteiger partial charge in [0.25, 0.3) is 0 Å². The lowest BCUT2D eigenvalue weighted by molar-refractivity contribution is -0.146. The number of hydrogen-bond acceptors (Lipinski definition) is 6. The van der Waals surface area contributed by atoms with Crippen molar-refractivity contribution in [3.63, 3.8) is 0 Å². The Kier molecular flexibility index (Phi) is 10.9. The van der Waals surface area contributed by atoms with Gasteiger partial charge in [-0.3, -0.25) is 19.2 Å². The van der Waals surface area contributed by atoms with E-state index in [1.807, 2.05) is 56.3 Å². The largest absolute Gasteiger partial charge is 0.479 e. The van der Waals surface area contributed by atoms with Gasteiger partial charge in [0.15, 0.2) is 0 Å². The molecule has 6 atom stereocenters. The molecule has 5 rings (SSSR count). The molecule has 4 amide bonds. The van der Waals surface area contributed by atoms with E-state index >= 15 is 0 Å². The van der Waals surface area contributed by atoms with Gasteiger partial charge in [-0.25, -0.2) is 4.79 Å². The molecule has 1 aliphatic heterocycles. The van der Waals surface area contributed by atoms with Crippen LogP contribution in [0.15, 0.2) is 55.1 Å². The van der Waals surface area contributed by atoms with Crippen LogP contribution in [-0.4, -0.2) is 75.9 Å². The van der Waals surface area contributed by atoms with E-state index in [4.69, 9.17) is 4.74 Å². The van der Waals surface area contributed by atoms with E-state index < -0.39 is 59.4 Å². The summed E-state index contributed by atoms with van der Waals surface area (Å²) < 4.78 is 6.33. The zero-order valence-electron chi connectivity index (χ0n) is 28.1. The molecular weight excluding hydrogens is 612 g/mol. The molecule has 0 unspecified atom stereocenters. The summed E-state index contributed by atoms with van der Waals surface area (Å²) in [4.78, 5) is 67.6. The lowest BCUT2D eigenvalue weighted by atomic mass is 9.83. The van der Waals surface area contributed by atoms with Crippen LogP contribution in [-0.2, 0) is 35.3 Å². The van der Waals surface area contributed by atoms with Crippen molar-refractivity contribution >= 4 is 40.4 Å². The Hall–Kier alpha value is -4.25. The van der Waals surface area contributed by atoms with Gasteiger partial charge in [0.05, 0.1) is 12.7 Å². The van der Waals surface area contributed by atoms with E-state index in [0.717, 1.165) is 48.4 Å². The molecule has 3 fully saturated rings. The molecule has 2 saturated carbocycles. The Balaban J connectivity index is 1.37. The molecule has 2 aromatic rings. The number of benzene rings is 2. The van der Waals surface area contributed by atoms with Crippen LogP contribution < -0.4 is 16.0 Å². The number of carbonyl (C=O) groups is 5. The second kappa shape index (κ2) is 14.9. The number of likely N-dealkylation sites (tertiary alicyclic amines) is 1. The molecule has 0 spiro atoms. The van der Waals surface area contributed by atoms with Crippen molar-refractivity contribution in [2.24, 2.45) is 17.8 Å². The average Bonchev–Trinajstić information content (AvgIpc) is 3.63. The van der Waals surface area contributed by atoms with E-state index in [1.165, 1.54) is 17.9 Å². The highest BCUT2D eigenvalue weighted by molar-refractivity contribution is 5.97. The first-order valence-corrected chi connectivity index (χ1v) is 17.1. The van der Waals surface area contributed by atoms with Gasteiger partial charge in [-0.2, -0.15) is 0 Å². The summed E-state index contributed by atoms with van der Waals surface area (Å²) in [5, 5.41) is 20.5. The fourth-order valence-electron chi connectivity index (χ4n) is 7.37. The van der Waals surface area contributed by atoms with E-state index in [-0.39, 0.29) is 43.7 Å². The second-order valence-corrected chi connectivity index (χ2v) is 13.9. The molecule has 0 radical (unpaired) electrons. The molecule has 4 N–H and O–H groups in total. The van der Waals surface area contributed by atoms with Crippen LogP contribution in [0.4, 0.5) is 0 Å². The standard InChI is InChI=1S/C37H48N4O7/c1-5-27-19-37(27,36(46)47)40-33(43)30-18-28(48-21-26-16-11-15-24-12-9-10-17-29(24)26)20-41(30)35(45)31(22(2)3)39-34(44)32(38-23(4)42)25-13-7-6-8-14-25/h5,9-12,15-17,22,25,27-28,30-32H,1,6-8,13-14,18-21H2,2-4H3,(H,38,42)(H,39,44)(H,40,43)(H,46,47)/t27-,28+,30-,31-,32-,37+/m0/s1. The van der Waals surface area contributed by atoms with E-state index in [9.17, 15) is 29.1 Å². The highest BCUT2D eigenvalue weighted by Crippen LogP contribution is 2.45. The number of carboxylic acid groups (broad SMARTS) is 1. The van der Waals surface area contributed by atoms with E-state index in [0.29, 0.717) is 0 Å². The summed E-state index contributed by atoms with van der Waals surface area (Å²) in [6.07, 6.45) is 6.01. The minimum atomic E-state index is -1.47. The van der Waals surface area contributed by atoms with Crippen LogP contribution >= 0.6 is 0 Å². The number of rotatable bonds is 13. The second-order valence-electron chi connectivity index (χ2n) is 13.9. The molecule has 258 valence electrons. The van der Waals surface area contributed by atoms with Crippen molar-refractivity contribution in [3.05, 3.63) is 60.7 Å². The third-order valence-corrected chi connectivity index (χ3v) is 10.2. The Morgan fingerprint density at radius 3 is 2.40 bits per heavy atom. The molecular formula is C37H48N4O7. The number of fused-ring (bicyclic) bond motifs is 1. The molecule has 0 bridgehead atoms. The molecule has 3 aliphatic rings. The number of aliphatic carboxylic acids is 1. The van der Waals surface area contributed by atoms with Gasteiger partial charge >= 0.3 is 5.97 Å². The van der Waals surface area contributed by atoms with Gasteiger partial charge in [0.2, 0.25) is 23.6 Å². The number of ether oxygens (including phenoxy) is 1. The predicted molar refractivity (Wildman–Crippen MR) is 180 cm³/mol. The minimum absolute atomic E-state index is 0.0359. The molecule has 11 nitrogen and oxygen atoms in total. The number of amides is 4. The van der Waals surface area contributed by atoms with Gasteiger partial charge in [0, 0.05) is 25.8 Å². The van der Waals surface area contributed by atoms with Crippen LogP contribution in [0.25, 0.3) is 10.8 Å². The zero-order chi connectivity index (χ0) is 34.6.